The molecule has 1 unspecified atom stereocenters. The van der Waals surface area contributed by atoms with Crippen LogP contribution in [-0.2, 0) is 19.1 Å². The number of likely N-dealkylation sites (tertiary alicyclic amines) is 1. The van der Waals surface area contributed by atoms with Crippen molar-refractivity contribution in [1.29, 1.82) is 0 Å². The van der Waals surface area contributed by atoms with Crippen LogP contribution >= 0.6 is 0 Å². The lowest BCUT2D eigenvalue weighted by Gasteiger charge is -2.35. The third-order valence-corrected chi connectivity index (χ3v) is 9.27. The summed E-state index contributed by atoms with van der Waals surface area (Å²) in [4.78, 5) is 60.0. The van der Waals surface area contributed by atoms with E-state index in [2.05, 4.69) is 17.2 Å². The van der Waals surface area contributed by atoms with Crippen LogP contribution in [0.2, 0.25) is 0 Å². The van der Waals surface area contributed by atoms with E-state index in [1.54, 1.807) is 54.7 Å². The molecule has 12 heteroatoms. The number of pyridine rings is 1. The van der Waals surface area contributed by atoms with Crippen molar-refractivity contribution >= 4 is 34.8 Å². The Morgan fingerprint density at radius 3 is 2.31 bits per heavy atom. The van der Waals surface area contributed by atoms with E-state index >= 15 is 0 Å². The third kappa shape index (κ3) is 8.10. The standard InChI is InChI=1S/C39H48N4O8/c1-10-24-20-39(24,35(46)47)42-33(44)30-18-26(21-43(30)34(45)32(37(3,4)5)41-36(48)51-38(6,7)8)50-31-19-28(23-13-11-22(2)12-14-23)40-29-17-25(49-9)15-16-27(29)31/h10-17,19,24,26,30,32H,1,18,20-21H2,2-9H3,(H,41,48)(H,42,44)(H,46,47)/t24-,26+,30-,32+,39?/m0/s1. The molecule has 1 saturated carbocycles. The molecule has 51 heavy (non-hydrogen) atoms. The molecule has 1 aliphatic carbocycles. The van der Waals surface area contributed by atoms with Crippen LogP contribution in [0.3, 0.4) is 0 Å². The minimum Gasteiger partial charge on any atom is -0.497 e. The molecule has 1 aromatic heterocycles. The first-order valence-corrected chi connectivity index (χ1v) is 17.1. The van der Waals surface area contributed by atoms with Crippen LogP contribution in [0, 0.1) is 18.3 Å². The highest BCUT2D eigenvalue weighted by atomic mass is 16.6. The van der Waals surface area contributed by atoms with Gasteiger partial charge in [0, 0.05) is 35.4 Å². The highest BCUT2D eigenvalue weighted by molar-refractivity contribution is 5.96. The molecule has 1 saturated heterocycles. The van der Waals surface area contributed by atoms with E-state index in [1.165, 1.54) is 11.0 Å². The zero-order chi connectivity index (χ0) is 37.5. The second kappa shape index (κ2) is 13.9. The molecule has 0 radical (unpaired) electrons. The molecule has 2 heterocycles. The predicted octanol–water partition coefficient (Wildman–Crippen LogP) is 5.65. The molecule has 3 amide bonds. The smallest absolute Gasteiger partial charge is 0.408 e. The molecule has 5 atom stereocenters. The maximum atomic E-state index is 14.5. The maximum Gasteiger partial charge on any atom is 0.408 e. The molecule has 2 aromatic carbocycles. The summed E-state index contributed by atoms with van der Waals surface area (Å²) in [5, 5.41) is 16.2. The van der Waals surface area contributed by atoms with E-state index in [4.69, 9.17) is 19.2 Å². The molecule has 5 rings (SSSR count). The van der Waals surface area contributed by atoms with Gasteiger partial charge in [-0.15, -0.1) is 6.58 Å². The molecule has 0 spiro atoms. The van der Waals surface area contributed by atoms with Crippen molar-refractivity contribution in [3.8, 4) is 22.8 Å². The number of aliphatic carboxylic acids is 1. The summed E-state index contributed by atoms with van der Waals surface area (Å²) in [5.74, 6) is -1.67. The van der Waals surface area contributed by atoms with Crippen molar-refractivity contribution in [3.63, 3.8) is 0 Å². The quantitative estimate of drug-likeness (QED) is 0.228. The number of amides is 3. The molecule has 1 aliphatic heterocycles. The van der Waals surface area contributed by atoms with E-state index in [1.807, 2.05) is 49.4 Å². The maximum absolute atomic E-state index is 14.5. The number of carbonyl (C=O) groups excluding carboxylic acids is 3. The molecular weight excluding hydrogens is 652 g/mol. The predicted molar refractivity (Wildman–Crippen MR) is 192 cm³/mol. The number of nitrogens with one attached hydrogen (secondary N) is 2. The first kappa shape index (κ1) is 37.1. The van der Waals surface area contributed by atoms with Crippen molar-refractivity contribution in [3.05, 3.63) is 66.7 Å². The number of carbonyl (C=O) groups is 4. The van der Waals surface area contributed by atoms with Gasteiger partial charge in [-0.1, -0.05) is 56.7 Å². The Morgan fingerprint density at radius 1 is 1.06 bits per heavy atom. The summed E-state index contributed by atoms with van der Waals surface area (Å²) in [7, 11) is 1.58. The Balaban J connectivity index is 1.51. The van der Waals surface area contributed by atoms with Gasteiger partial charge in [-0.3, -0.25) is 9.59 Å². The normalized spacial score (nSPS) is 22.1. The van der Waals surface area contributed by atoms with E-state index in [0.717, 1.165) is 11.1 Å². The zero-order valence-corrected chi connectivity index (χ0v) is 30.5. The number of carboxylic acid groups (broad SMARTS) is 1. The van der Waals surface area contributed by atoms with Crippen molar-refractivity contribution in [2.45, 2.75) is 90.6 Å². The Kier molecular flexibility index (Phi) is 10.1. The summed E-state index contributed by atoms with van der Waals surface area (Å²) < 4.78 is 17.6. The van der Waals surface area contributed by atoms with Gasteiger partial charge in [0.15, 0.2) is 0 Å². The van der Waals surface area contributed by atoms with Crippen LogP contribution in [0.25, 0.3) is 22.2 Å². The highest BCUT2D eigenvalue weighted by Gasteiger charge is 2.61. The molecule has 272 valence electrons. The molecule has 3 N–H and O–H groups in total. The number of nitrogens with zero attached hydrogens (tertiary/aromatic N) is 2. The molecule has 12 nitrogen and oxygen atoms in total. The molecular formula is C39H48N4O8. The van der Waals surface area contributed by atoms with Gasteiger partial charge < -0.3 is 34.9 Å². The minimum atomic E-state index is -1.51. The van der Waals surface area contributed by atoms with Crippen LogP contribution in [0.15, 0.2) is 61.2 Å². The Bertz CT molecular complexity index is 1840. The van der Waals surface area contributed by atoms with E-state index in [-0.39, 0.29) is 19.4 Å². The van der Waals surface area contributed by atoms with Crippen molar-refractivity contribution in [2.75, 3.05) is 13.7 Å². The summed E-state index contributed by atoms with van der Waals surface area (Å²) in [6.45, 7) is 16.3. The lowest BCUT2D eigenvalue weighted by Crippen LogP contribution is -2.59. The van der Waals surface area contributed by atoms with Crippen molar-refractivity contribution in [2.24, 2.45) is 11.3 Å². The largest absolute Gasteiger partial charge is 0.497 e. The number of methoxy groups -OCH3 is 1. The van der Waals surface area contributed by atoms with Gasteiger partial charge in [0.05, 0.1) is 24.9 Å². The van der Waals surface area contributed by atoms with Crippen LogP contribution in [0.5, 0.6) is 11.5 Å². The number of hydrogen-bond donors (Lipinski definition) is 3. The summed E-state index contributed by atoms with van der Waals surface area (Å²) in [5.41, 5.74) is 0.159. The minimum absolute atomic E-state index is 0.00963. The summed E-state index contributed by atoms with van der Waals surface area (Å²) in [6.07, 6.45) is 0.308. The van der Waals surface area contributed by atoms with Gasteiger partial charge in [-0.2, -0.15) is 0 Å². The fraction of sp³-hybridized carbons (Fsp3) is 0.462. The van der Waals surface area contributed by atoms with E-state index < -0.39 is 64.5 Å². The zero-order valence-electron chi connectivity index (χ0n) is 30.5. The number of benzene rings is 2. The third-order valence-electron chi connectivity index (χ3n) is 9.27. The molecule has 2 aliphatic rings. The average molecular weight is 701 g/mol. The molecule has 2 fully saturated rings. The number of aryl methyl sites for hydroxylation is 1. The number of hydrogen-bond acceptors (Lipinski definition) is 8. The van der Waals surface area contributed by atoms with E-state index in [9.17, 15) is 24.3 Å². The summed E-state index contributed by atoms with van der Waals surface area (Å²) >= 11 is 0. The Morgan fingerprint density at radius 2 is 1.75 bits per heavy atom. The first-order chi connectivity index (χ1) is 23.8. The lowest BCUT2D eigenvalue weighted by atomic mass is 9.85. The van der Waals surface area contributed by atoms with Gasteiger partial charge in [0.1, 0.15) is 40.8 Å². The molecule has 0 bridgehead atoms. The molecule has 3 aromatic rings. The van der Waals surface area contributed by atoms with E-state index in [0.29, 0.717) is 28.1 Å². The van der Waals surface area contributed by atoms with Gasteiger partial charge in [0.25, 0.3) is 0 Å². The van der Waals surface area contributed by atoms with Crippen LogP contribution in [0.1, 0.15) is 59.9 Å². The van der Waals surface area contributed by atoms with Gasteiger partial charge in [0.2, 0.25) is 11.8 Å². The second-order valence-corrected chi connectivity index (χ2v) is 15.5. The number of aromatic nitrogens is 1. The number of carboxylic acids is 1. The van der Waals surface area contributed by atoms with Gasteiger partial charge >= 0.3 is 12.1 Å². The first-order valence-electron chi connectivity index (χ1n) is 17.1. The Labute approximate surface area is 298 Å². The fourth-order valence-corrected chi connectivity index (χ4v) is 6.39. The average Bonchev–Trinajstić information content (AvgIpc) is 3.61. The van der Waals surface area contributed by atoms with Gasteiger partial charge in [-0.25, -0.2) is 14.6 Å². The second-order valence-electron chi connectivity index (χ2n) is 15.5. The topological polar surface area (TPSA) is 156 Å². The van der Waals surface area contributed by atoms with Crippen LogP contribution in [-0.4, -0.2) is 81.8 Å². The number of fused-ring (bicyclic) bond motifs is 1. The number of rotatable bonds is 10. The fourth-order valence-electron chi connectivity index (χ4n) is 6.39. The monoisotopic (exact) mass is 700 g/mol. The highest BCUT2D eigenvalue weighted by Crippen LogP contribution is 2.45. The summed E-state index contributed by atoms with van der Waals surface area (Å²) in [6, 6.07) is 13.0. The lowest BCUT2D eigenvalue weighted by molar-refractivity contribution is -0.146. The Hall–Kier alpha value is -5.13. The van der Waals surface area contributed by atoms with Crippen molar-refractivity contribution in [1.82, 2.24) is 20.5 Å². The number of alkyl carbamates (subject to hydrolysis) is 1. The van der Waals surface area contributed by atoms with Crippen molar-refractivity contribution < 1.29 is 38.5 Å². The van der Waals surface area contributed by atoms with Gasteiger partial charge in [-0.05, 0) is 51.7 Å². The SMILES string of the molecule is C=C[C@H]1CC1(NC(=O)[C@@H]1C[C@@H](Oc2cc(-c3ccc(C)cc3)nc3cc(OC)ccc23)CN1C(=O)[C@@H](NC(=O)OC(C)(C)C)C(C)(C)C)C(=O)O. The van der Waals surface area contributed by atoms with Crippen LogP contribution < -0.4 is 20.1 Å². The number of ether oxygens (including phenoxy) is 3. The van der Waals surface area contributed by atoms with Crippen LogP contribution in [0.4, 0.5) is 4.79 Å².